The molecule has 0 aliphatic carbocycles. The van der Waals surface area contributed by atoms with Gasteiger partial charge in [0.2, 0.25) is 10.0 Å². The number of halogens is 4. The van der Waals surface area contributed by atoms with Gasteiger partial charge >= 0.3 is 11.9 Å². The fourth-order valence-corrected chi connectivity index (χ4v) is 4.74. The molecule has 0 aliphatic heterocycles. The monoisotopic (exact) mass is 564 g/mol. The lowest BCUT2D eigenvalue weighted by Gasteiger charge is -2.24. The molecule has 0 unspecified atom stereocenters. The van der Waals surface area contributed by atoms with E-state index in [1.807, 2.05) is 0 Å². The van der Waals surface area contributed by atoms with Gasteiger partial charge in [-0.1, -0.05) is 30.3 Å². The highest BCUT2D eigenvalue weighted by Gasteiger charge is 2.36. The summed E-state index contributed by atoms with van der Waals surface area (Å²) >= 11 is 0. The lowest BCUT2D eigenvalue weighted by Crippen LogP contribution is -2.42. The fraction of sp³-hybridized carbons (Fsp3) is 0.200. The average Bonchev–Trinajstić information content (AvgIpc) is 2.87. The second kappa shape index (κ2) is 10.7. The SMILES string of the molecule is CCS(=O)(=O)N(C(=O)/C(C)=C/c1ccccc1)c1cc(-n2c(=O)cc(C(F)(F)F)n(C)c2=O)c(F)cc1C#N. The zero-order chi connectivity index (χ0) is 29.3. The van der Waals surface area contributed by atoms with Crippen molar-refractivity contribution in [3.63, 3.8) is 0 Å². The normalized spacial score (nSPS) is 12.2. The zero-order valence-electron chi connectivity index (χ0n) is 20.7. The summed E-state index contributed by atoms with van der Waals surface area (Å²) in [5.41, 5.74) is -6.64. The topological polar surface area (TPSA) is 122 Å². The number of amides is 1. The number of carbonyl (C=O) groups is 1. The van der Waals surface area contributed by atoms with Crippen molar-refractivity contribution < 1.29 is 30.8 Å². The third kappa shape index (κ3) is 5.68. The highest BCUT2D eigenvalue weighted by molar-refractivity contribution is 7.93. The Balaban J connectivity index is 2.35. The van der Waals surface area contributed by atoms with E-state index in [2.05, 4.69) is 0 Å². The number of carbonyl (C=O) groups excluding carboxylic acids is 1. The minimum absolute atomic E-state index is 0.0448. The average molecular weight is 565 g/mol. The van der Waals surface area contributed by atoms with Crippen molar-refractivity contribution in [2.75, 3.05) is 10.1 Å². The van der Waals surface area contributed by atoms with Crippen molar-refractivity contribution in [1.29, 1.82) is 5.26 Å². The third-order valence-corrected chi connectivity index (χ3v) is 7.25. The predicted molar refractivity (Wildman–Crippen MR) is 134 cm³/mol. The molecule has 1 amide bonds. The molecule has 3 aromatic rings. The second-order valence-electron chi connectivity index (χ2n) is 8.18. The first kappa shape index (κ1) is 29.1. The molecule has 0 N–H and O–H groups in total. The molecule has 0 atom stereocenters. The van der Waals surface area contributed by atoms with Gasteiger partial charge in [0.25, 0.3) is 11.5 Å². The van der Waals surface area contributed by atoms with Gasteiger partial charge in [0, 0.05) is 18.7 Å². The summed E-state index contributed by atoms with van der Waals surface area (Å²) in [7, 11) is -3.79. The van der Waals surface area contributed by atoms with Crippen molar-refractivity contribution in [3.8, 4) is 11.8 Å². The van der Waals surface area contributed by atoms with E-state index in [9.17, 15) is 41.2 Å². The Morgan fingerprint density at radius 3 is 2.28 bits per heavy atom. The number of nitrogens with zero attached hydrogens (tertiary/aromatic N) is 4. The van der Waals surface area contributed by atoms with E-state index in [-0.39, 0.29) is 25.1 Å². The third-order valence-electron chi connectivity index (χ3n) is 5.60. The van der Waals surface area contributed by atoms with E-state index < -0.39 is 67.6 Å². The molecule has 0 saturated heterocycles. The number of anilines is 1. The van der Waals surface area contributed by atoms with Crippen LogP contribution >= 0.6 is 0 Å². The number of hydrogen-bond donors (Lipinski definition) is 0. The number of benzene rings is 2. The second-order valence-corrected chi connectivity index (χ2v) is 10.3. The molecule has 0 saturated carbocycles. The molecule has 2 aromatic carbocycles. The summed E-state index contributed by atoms with van der Waals surface area (Å²) in [6.45, 7) is 2.51. The Bertz CT molecular complexity index is 1750. The fourth-order valence-electron chi connectivity index (χ4n) is 3.63. The molecule has 0 aliphatic rings. The van der Waals surface area contributed by atoms with E-state index in [4.69, 9.17) is 0 Å². The van der Waals surface area contributed by atoms with E-state index in [1.54, 1.807) is 36.4 Å². The Labute approximate surface area is 219 Å². The largest absolute Gasteiger partial charge is 0.431 e. The van der Waals surface area contributed by atoms with Crippen molar-refractivity contribution in [2.24, 2.45) is 7.05 Å². The zero-order valence-corrected chi connectivity index (χ0v) is 21.5. The first-order valence-electron chi connectivity index (χ1n) is 11.1. The van der Waals surface area contributed by atoms with Gasteiger partial charge in [-0.05, 0) is 37.6 Å². The Kier molecular flexibility index (Phi) is 7.97. The molecule has 1 aromatic heterocycles. The van der Waals surface area contributed by atoms with Crippen LogP contribution in [0.4, 0.5) is 23.2 Å². The van der Waals surface area contributed by atoms with Gasteiger partial charge in [0.05, 0.1) is 22.7 Å². The van der Waals surface area contributed by atoms with Gasteiger partial charge in [-0.3, -0.25) is 14.2 Å². The summed E-state index contributed by atoms with van der Waals surface area (Å²) in [5.74, 6) is -3.16. The Morgan fingerprint density at radius 2 is 1.74 bits per heavy atom. The molecule has 3 rings (SSSR count). The number of hydrogen-bond acceptors (Lipinski definition) is 6. The minimum Gasteiger partial charge on any atom is -0.292 e. The standard InChI is InChI=1S/C25H20F4N4O5S/c1-4-39(37,38)33(23(35)15(2)10-16-8-6-5-7-9-16)19-12-20(18(26)11-17(19)14-30)32-22(34)13-21(25(27,28)29)31(3)24(32)36/h5-13H,4H2,1-3H3/b15-10+. The van der Waals surface area contributed by atoms with Crippen LogP contribution in [0.15, 0.2) is 63.7 Å². The summed E-state index contributed by atoms with van der Waals surface area (Å²) in [6.07, 6.45) is -3.71. The maximum Gasteiger partial charge on any atom is 0.431 e. The van der Waals surface area contributed by atoms with Crippen LogP contribution < -0.4 is 15.6 Å². The highest BCUT2D eigenvalue weighted by atomic mass is 32.2. The summed E-state index contributed by atoms with van der Waals surface area (Å²) in [4.78, 5) is 38.7. The van der Waals surface area contributed by atoms with Gasteiger partial charge in [-0.25, -0.2) is 26.5 Å². The Morgan fingerprint density at radius 1 is 1.13 bits per heavy atom. The molecule has 0 fully saturated rings. The molecule has 14 heteroatoms. The van der Waals surface area contributed by atoms with Crippen LogP contribution in [0.5, 0.6) is 0 Å². The van der Waals surface area contributed by atoms with E-state index in [0.29, 0.717) is 24.7 Å². The summed E-state index contributed by atoms with van der Waals surface area (Å²) in [5, 5.41) is 9.60. The van der Waals surface area contributed by atoms with Gasteiger partial charge in [0.15, 0.2) is 0 Å². The minimum atomic E-state index is -5.08. The van der Waals surface area contributed by atoms with Crippen LogP contribution in [-0.2, 0) is 28.0 Å². The van der Waals surface area contributed by atoms with Crippen LogP contribution in [0.2, 0.25) is 0 Å². The number of rotatable bonds is 6. The number of nitriles is 1. The lowest BCUT2D eigenvalue weighted by atomic mass is 10.1. The van der Waals surface area contributed by atoms with E-state index in [0.717, 1.165) is 0 Å². The van der Waals surface area contributed by atoms with E-state index >= 15 is 4.39 Å². The molecular formula is C25H20F4N4O5S. The number of sulfonamides is 1. The molecular weight excluding hydrogens is 544 g/mol. The van der Waals surface area contributed by atoms with Gasteiger partial charge in [-0.15, -0.1) is 0 Å². The van der Waals surface area contributed by atoms with Crippen LogP contribution in [0, 0.1) is 17.1 Å². The lowest BCUT2D eigenvalue weighted by molar-refractivity contribution is -0.144. The number of aromatic nitrogens is 2. The van der Waals surface area contributed by atoms with Crippen molar-refractivity contribution in [2.45, 2.75) is 20.0 Å². The van der Waals surface area contributed by atoms with Crippen LogP contribution in [0.1, 0.15) is 30.7 Å². The van der Waals surface area contributed by atoms with Crippen LogP contribution in [0.25, 0.3) is 11.8 Å². The van der Waals surface area contributed by atoms with Crippen molar-refractivity contribution in [3.05, 3.63) is 97.6 Å². The molecule has 204 valence electrons. The van der Waals surface area contributed by atoms with Crippen LogP contribution in [0.3, 0.4) is 0 Å². The first-order valence-corrected chi connectivity index (χ1v) is 12.7. The molecule has 0 spiro atoms. The van der Waals surface area contributed by atoms with Crippen molar-refractivity contribution in [1.82, 2.24) is 9.13 Å². The van der Waals surface area contributed by atoms with Crippen LogP contribution in [-0.4, -0.2) is 29.2 Å². The van der Waals surface area contributed by atoms with Gasteiger partial charge in [0.1, 0.15) is 17.6 Å². The molecule has 0 bridgehead atoms. The summed E-state index contributed by atoms with van der Waals surface area (Å²) < 4.78 is 81.3. The van der Waals surface area contributed by atoms with E-state index in [1.165, 1.54) is 19.9 Å². The predicted octanol–water partition coefficient (Wildman–Crippen LogP) is 3.35. The Hall–Kier alpha value is -4.51. The smallest absolute Gasteiger partial charge is 0.292 e. The molecule has 0 radical (unpaired) electrons. The molecule has 39 heavy (non-hydrogen) atoms. The maximum absolute atomic E-state index is 15.1. The molecule has 1 heterocycles. The quantitative estimate of drug-likeness (QED) is 0.334. The van der Waals surface area contributed by atoms with Gasteiger partial charge in [-0.2, -0.15) is 18.4 Å². The number of alkyl halides is 3. The highest BCUT2D eigenvalue weighted by Crippen LogP contribution is 2.31. The first-order chi connectivity index (χ1) is 18.1. The molecule has 9 nitrogen and oxygen atoms in total. The maximum atomic E-state index is 15.1. The van der Waals surface area contributed by atoms with Gasteiger partial charge < -0.3 is 0 Å². The van der Waals surface area contributed by atoms with Crippen molar-refractivity contribution >= 4 is 27.7 Å². The summed E-state index contributed by atoms with van der Waals surface area (Å²) in [6, 6.07) is 11.0.